The van der Waals surface area contributed by atoms with E-state index in [9.17, 15) is 9.90 Å². The molecule has 2 heterocycles. The Balaban J connectivity index is 2.48. The zero-order valence-corrected chi connectivity index (χ0v) is 12.1. The molecule has 106 valence electrons. The van der Waals surface area contributed by atoms with E-state index in [-0.39, 0.29) is 0 Å². The van der Waals surface area contributed by atoms with E-state index in [0.29, 0.717) is 33.5 Å². The van der Waals surface area contributed by atoms with Crippen molar-refractivity contribution in [3.05, 3.63) is 52.8 Å². The number of rotatable bonds is 2. The van der Waals surface area contributed by atoms with Crippen molar-refractivity contribution in [3.8, 4) is 11.5 Å². The summed E-state index contributed by atoms with van der Waals surface area (Å²) < 4.78 is 5.39. The average Bonchev–Trinajstić information content (AvgIpc) is 2.92. The zero-order valence-electron chi connectivity index (χ0n) is 12.1. The number of carbonyl (C=O) groups is 1. The summed E-state index contributed by atoms with van der Waals surface area (Å²) >= 11 is 0. The standard InChI is InChI=1S/C17H15NO3/c1-9-7-10(2)14-12(8-9)18-16(13-5-4-6-21-13)11(3)15(14)17(19)20/h4-8H,1-3H3,(H,19,20). The van der Waals surface area contributed by atoms with E-state index in [1.165, 1.54) is 0 Å². The van der Waals surface area contributed by atoms with Gasteiger partial charge in [-0.25, -0.2) is 9.78 Å². The van der Waals surface area contributed by atoms with Gasteiger partial charge in [0.1, 0.15) is 5.69 Å². The van der Waals surface area contributed by atoms with Gasteiger partial charge < -0.3 is 9.52 Å². The van der Waals surface area contributed by atoms with Gasteiger partial charge in [-0.05, 0) is 55.7 Å². The Morgan fingerprint density at radius 2 is 2.00 bits per heavy atom. The van der Waals surface area contributed by atoms with Crippen molar-refractivity contribution in [2.75, 3.05) is 0 Å². The van der Waals surface area contributed by atoms with Crippen LogP contribution in [-0.2, 0) is 0 Å². The zero-order chi connectivity index (χ0) is 15.1. The van der Waals surface area contributed by atoms with Crippen LogP contribution in [0.2, 0.25) is 0 Å². The summed E-state index contributed by atoms with van der Waals surface area (Å²) in [5, 5.41) is 10.3. The average molecular weight is 281 g/mol. The van der Waals surface area contributed by atoms with E-state index in [1.54, 1.807) is 25.3 Å². The van der Waals surface area contributed by atoms with Gasteiger partial charge >= 0.3 is 5.97 Å². The predicted octanol–water partition coefficient (Wildman–Crippen LogP) is 4.12. The smallest absolute Gasteiger partial charge is 0.336 e. The van der Waals surface area contributed by atoms with Gasteiger partial charge in [-0.1, -0.05) is 6.07 Å². The van der Waals surface area contributed by atoms with E-state index in [4.69, 9.17) is 4.42 Å². The van der Waals surface area contributed by atoms with Crippen molar-refractivity contribution in [1.82, 2.24) is 4.98 Å². The topological polar surface area (TPSA) is 63.3 Å². The van der Waals surface area contributed by atoms with Crippen LogP contribution in [0.5, 0.6) is 0 Å². The molecule has 21 heavy (non-hydrogen) atoms. The largest absolute Gasteiger partial charge is 0.478 e. The summed E-state index contributed by atoms with van der Waals surface area (Å²) in [7, 11) is 0. The molecule has 0 radical (unpaired) electrons. The number of furan rings is 1. The monoisotopic (exact) mass is 281 g/mol. The highest BCUT2D eigenvalue weighted by Crippen LogP contribution is 2.32. The number of aryl methyl sites for hydroxylation is 2. The molecule has 2 aromatic heterocycles. The van der Waals surface area contributed by atoms with Gasteiger partial charge in [-0.15, -0.1) is 0 Å². The predicted molar refractivity (Wildman–Crippen MR) is 80.6 cm³/mol. The number of hydrogen-bond acceptors (Lipinski definition) is 3. The molecule has 0 fully saturated rings. The van der Waals surface area contributed by atoms with Crippen molar-refractivity contribution in [2.24, 2.45) is 0 Å². The highest BCUT2D eigenvalue weighted by Gasteiger charge is 2.20. The van der Waals surface area contributed by atoms with Gasteiger partial charge in [-0.2, -0.15) is 0 Å². The SMILES string of the molecule is Cc1cc(C)c2c(C(=O)O)c(C)c(-c3ccco3)nc2c1. The first kappa shape index (κ1) is 13.4. The first-order valence-corrected chi connectivity index (χ1v) is 6.67. The highest BCUT2D eigenvalue weighted by molar-refractivity contribution is 6.06. The minimum Gasteiger partial charge on any atom is -0.478 e. The van der Waals surface area contributed by atoms with Gasteiger partial charge in [0.15, 0.2) is 5.76 Å². The van der Waals surface area contributed by atoms with Gasteiger partial charge in [0.25, 0.3) is 0 Å². The van der Waals surface area contributed by atoms with Gasteiger partial charge in [-0.3, -0.25) is 0 Å². The fourth-order valence-electron chi connectivity index (χ4n) is 2.79. The second-order valence-electron chi connectivity index (χ2n) is 5.22. The molecule has 0 saturated heterocycles. The third-order valence-corrected chi connectivity index (χ3v) is 3.64. The summed E-state index contributed by atoms with van der Waals surface area (Å²) in [6.07, 6.45) is 1.56. The van der Waals surface area contributed by atoms with Crippen molar-refractivity contribution in [2.45, 2.75) is 20.8 Å². The molecule has 1 aromatic carbocycles. The number of nitrogens with zero attached hydrogens (tertiary/aromatic N) is 1. The van der Waals surface area contributed by atoms with Crippen LogP contribution < -0.4 is 0 Å². The highest BCUT2D eigenvalue weighted by atomic mass is 16.4. The lowest BCUT2D eigenvalue weighted by atomic mass is 9.96. The number of benzene rings is 1. The molecular weight excluding hydrogens is 266 g/mol. The Morgan fingerprint density at radius 3 is 2.62 bits per heavy atom. The number of hydrogen-bond donors (Lipinski definition) is 1. The summed E-state index contributed by atoms with van der Waals surface area (Å²) in [6.45, 7) is 5.66. The molecule has 0 aliphatic rings. The molecule has 0 spiro atoms. The van der Waals surface area contributed by atoms with Crippen LogP contribution in [-0.4, -0.2) is 16.1 Å². The maximum absolute atomic E-state index is 11.7. The lowest BCUT2D eigenvalue weighted by molar-refractivity contribution is 0.0698. The fourth-order valence-corrected chi connectivity index (χ4v) is 2.79. The van der Waals surface area contributed by atoms with Gasteiger partial charge in [0.2, 0.25) is 0 Å². The lowest BCUT2D eigenvalue weighted by Gasteiger charge is -2.13. The number of pyridine rings is 1. The maximum Gasteiger partial charge on any atom is 0.336 e. The van der Waals surface area contributed by atoms with E-state index >= 15 is 0 Å². The molecule has 4 heteroatoms. The van der Waals surface area contributed by atoms with Crippen molar-refractivity contribution in [3.63, 3.8) is 0 Å². The minimum atomic E-state index is -0.945. The van der Waals surface area contributed by atoms with Crippen LogP contribution in [0.1, 0.15) is 27.0 Å². The molecule has 0 bridgehead atoms. The minimum absolute atomic E-state index is 0.295. The maximum atomic E-state index is 11.7. The Bertz CT molecular complexity index is 848. The molecule has 0 atom stereocenters. The Kier molecular flexibility index (Phi) is 3.01. The first-order chi connectivity index (χ1) is 9.99. The second kappa shape index (κ2) is 4.74. The number of carboxylic acids is 1. The summed E-state index contributed by atoms with van der Waals surface area (Å²) in [4.78, 5) is 16.4. The molecule has 1 N–H and O–H groups in total. The third-order valence-electron chi connectivity index (χ3n) is 3.64. The van der Waals surface area contributed by atoms with Crippen molar-refractivity contribution in [1.29, 1.82) is 0 Å². The molecule has 3 aromatic rings. The molecule has 0 saturated carbocycles. The molecular formula is C17H15NO3. The molecule has 4 nitrogen and oxygen atoms in total. The van der Waals surface area contributed by atoms with E-state index in [2.05, 4.69) is 4.98 Å². The van der Waals surface area contributed by atoms with E-state index in [1.807, 2.05) is 26.0 Å². The third kappa shape index (κ3) is 2.09. The Morgan fingerprint density at radius 1 is 1.24 bits per heavy atom. The number of fused-ring (bicyclic) bond motifs is 1. The Hall–Kier alpha value is -2.62. The van der Waals surface area contributed by atoms with Crippen LogP contribution in [0.15, 0.2) is 34.9 Å². The van der Waals surface area contributed by atoms with Crippen LogP contribution in [0, 0.1) is 20.8 Å². The summed E-state index contributed by atoms with van der Waals surface area (Å²) in [5.41, 5.74) is 4.15. The van der Waals surface area contributed by atoms with Crippen LogP contribution >= 0.6 is 0 Å². The second-order valence-corrected chi connectivity index (χ2v) is 5.22. The Labute approximate surface area is 122 Å². The number of carboxylic acid groups (broad SMARTS) is 1. The first-order valence-electron chi connectivity index (χ1n) is 6.67. The van der Waals surface area contributed by atoms with Gasteiger partial charge in [0, 0.05) is 5.39 Å². The van der Waals surface area contributed by atoms with Crippen molar-refractivity contribution < 1.29 is 14.3 Å². The molecule has 0 unspecified atom stereocenters. The van der Waals surface area contributed by atoms with Gasteiger partial charge in [0.05, 0.1) is 17.3 Å². The van der Waals surface area contributed by atoms with Crippen LogP contribution in [0.4, 0.5) is 0 Å². The number of aromatic nitrogens is 1. The van der Waals surface area contributed by atoms with Crippen LogP contribution in [0.25, 0.3) is 22.4 Å². The molecule has 3 rings (SSSR count). The molecule has 0 amide bonds. The summed E-state index contributed by atoms with van der Waals surface area (Å²) in [6, 6.07) is 7.43. The molecule has 0 aliphatic heterocycles. The summed E-state index contributed by atoms with van der Waals surface area (Å²) in [5.74, 6) is -0.365. The van der Waals surface area contributed by atoms with Crippen LogP contribution in [0.3, 0.4) is 0 Å². The quantitative estimate of drug-likeness (QED) is 0.767. The number of aromatic carboxylic acids is 1. The fraction of sp³-hybridized carbons (Fsp3) is 0.176. The lowest BCUT2D eigenvalue weighted by Crippen LogP contribution is -2.06. The van der Waals surface area contributed by atoms with E-state index in [0.717, 1.165) is 11.1 Å². The van der Waals surface area contributed by atoms with E-state index < -0.39 is 5.97 Å². The van der Waals surface area contributed by atoms with Crippen molar-refractivity contribution >= 4 is 16.9 Å². The normalized spacial score (nSPS) is 11.0. The molecule has 0 aliphatic carbocycles.